The molecule has 118 valence electrons. The molecule has 6 heteroatoms. The van der Waals surface area contributed by atoms with Gasteiger partial charge in [-0.15, -0.1) is 11.6 Å². The summed E-state index contributed by atoms with van der Waals surface area (Å²) in [7, 11) is 0. The Labute approximate surface area is 155 Å². The Balaban J connectivity index is 2.11. The maximum atomic E-state index is 6.06. The summed E-state index contributed by atoms with van der Waals surface area (Å²) >= 11 is 29.9. The molecule has 0 saturated carbocycles. The van der Waals surface area contributed by atoms with Crippen LogP contribution in [0.1, 0.15) is 11.1 Å². The summed E-state index contributed by atoms with van der Waals surface area (Å²) in [6.45, 7) is 2.20. The van der Waals surface area contributed by atoms with Gasteiger partial charge in [-0.25, -0.2) is 0 Å². The van der Waals surface area contributed by atoms with Gasteiger partial charge in [-0.3, -0.25) is 4.90 Å². The van der Waals surface area contributed by atoms with Crippen LogP contribution in [-0.2, 0) is 13.1 Å². The average Bonchev–Trinajstić information content (AvgIpc) is 2.47. The third kappa shape index (κ3) is 5.19. The van der Waals surface area contributed by atoms with E-state index in [0.29, 0.717) is 26.0 Å². The van der Waals surface area contributed by atoms with Crippen molar-refractivity contribution in [1.82, 2.24) is 4.90 Å². The van der Waals surface area contributed by atoms with Crippen LogP contribution in [0.4, 0.5) is 0 Å². The van der Waals surface area contributed by atoms with Crippen LogP contribution in [0.2, 0.25) is 20.1 Å². The molecule has 1 nitrogen and oxygen atoms in total. The lowest BCUT2D eigenvalue weighted by atomic mass is 10.1. The van der Waals surface area contributed by atoms with Gasteiger partial charge in [0.1, 0.15) is 0 Å². The summed E-state index contributed by atoms with van der Waals surface area (Å²) in [5.74, 6) is 0.544. The molecule has 0 fully saturated rings. The lowest BCUT2D eigenvalue weighted by Crippen LogP contribution is -2.25. The van der Waals surface area contributed by atoms with Crippen LogP contribution in [0.3, 0.4) is 0 Å². The summed E-state index contributed by atoms with van der Waals surface area (Å²) < 4.78 is 0. The first-order valence-electron chi connectivity index (χ1n) is 6.66. The number of rotatable bonds is 6. The lowest BCUT2D eigenvalue weighted by molar-refractivity contribution is 0.273. The Hall–Kier alpha value is -0.150. The van der Waals surface area contributed by atoms with Crippen molar-refractivity contribution in [3.8, 4) is 0 Å². The number of benzene rings is 2. The van der Waals surface area contributed by atoms with Crippen molar-refractivity contribution in [3.05, 3.63) is 67.6 Å². The Morgan fingerprint density at radius 3 is 1.50 bits per heavy atom. The minimum Gasteiger partial charge on any atom is -0.294 e. The van der Waals surface area contributed by atoms with Crippen molar-refractivity contribution >= 4 is 58.0 Å². The summed E-state index contributed by atoms with van der Waals surface area (Å²) in [5.41, 5.74) is 2.17. The third-order valence-electron chi connectivity index (χ3n) is 3.18. The van der Waals surface area contributed by atoms with Gasteiger partial charge in [-0.2, -0.15) is 0 Å². The summed E-state index contributed by atoms with van der Waals surface area (Å²) in [6, 6.07) is 11.3. The molecule has 0 spiro atoms. The highest BCUT2D eigenvalue weighted by Crippen LogP contribution is 2.25. The van der Waals surface area contributed by atoms with Crippen LogP contribution in [0.15, 0.2) is 36.4 Å². The Kier molecular flexibility index (Phi) is 7.14. The third-order valence-corrected chi connectivity index (χ3v) is 4.83. The zero-order valence-electron chi connectivity index (χ0n) is 11.6. The average molecular weight is 398 g/mol. The maximum Gasteiger partial charge on any atom is 0.0595 e. The lowest BCUT2D eigenvalue weighted by Gasteiger charge is -2.22. The fraction of sp³-hybridized carbons (Fsp3) is 0.250. The summed E-state index contributed by atoms with van der Waals surface area (Å²) in [4.78, 5) is 2.21. The van der Waals surface area contributed by atoms with Gasteiger partial charge in [0.25, 0.3) is 0 Å². The van der Waals surface area contributed by atoms with Crippen molar-refractivity contribution in [3.63, 3.8) is 0 Å². The highest BCUT2D eigenvalue weighted by molar-refractivity contribution is 6.42. The molecule has 0 N–H and O–H groups in total. The van der Waals surface area contributed by atoms with Crippen LogP contribution >= 0.6 is 58.0 Å². The van der Waals surface area contributed by atoms with Gasteiger partial charge in [-0.05, 0) is 35.4 Å². The molecular formula is C16H14Cl5N. The Bertz CT molecular complexity index is 591. The summed E-state index contributed by atoms with van der Waals surface area (Å²) in [5, 5.41) is 2.22. The summed E-state index contributed by atoms with van der Waals surface area (Å²) in [6.07, 6.45) is 0. The van der Waals surface area contributed by atoms with Crippen molar-refractivity contribution in [2.75, 3.05) is 12.4 Å². The van der Waals surface area contributed by atoms with Crippen molar-refractivity contribution in [2.45, 2.75) is 13.1 Å². The first kappa shape index (κ1) is 18.2. The molecule has 0 amide bonds. The van der Waals surface area contributed by atoms with E-state index in [2.05, 4.69) is 4.90 Å². The topological polar surface area (TPSA) is 3.24 Å². The van der Waals surface area contributed by atoms with E-state index in [-0.39, 0.29) is 0 Å². The number of hydrogen-bond acceptors (Lipinski definition) is 1. The molecule has 0 aliphatic rings. The molecule has 0 aliphatic heterocycles. The molecule has 0 aromatic heterocycles. The van der Waals surface area contributed by atoms with E-state index in [4.69, 9.17) is 58.0 Å². The molecule has 2 rings (SSSR count). The smallest absolute Gasteiger partial charge is 0.0595 e. The zero-order valence-corrected chi connectivity index (χ0v) is 15.4. The molecule has 2 aromatic rings. The van der Waals surface area contributed by atoms with Crippen LogP contribution in [0, 0.1) is 0 Å². The molecule has 0 atom stereocenters. The van der Waals surface area contributed by atoms with Gasteiger partial charge < -0.3 is 0 Å². The first-order chi connectivity index (χ1) is 10.5. The van der Waals surface area contributed by atoms with E-state index in [1.165, 1.54) is 0 Å². The molecule has 0 saturated heterocycles. The molecule has 22 heavy (non-hydrogen) atoms. The van der Waals surface area contributed by atoms with Crippen LogP contribution in [0.25, 0.3) is 0 Å². The van der Waals surface area contributed by atoms with Crippen molar-refractivity contribution in [2.24, 2.45) is 0 Å². The zero-order chi connectivity index (χ0) is 16.1. The normalized spacial score (nSPS) is 11.2. The van der Waals surface area contributed by atoms with Crippen molar-refractivity contribution in [1.29, 1.82) is 0 Å². The maximum absolute atomic E-state index is 6.06. The molecule has 0 bridgehead atoms. The monoisotopic (exact) mass is 395 g/mol. The SMILES string of the molecule is ClCCN(Cc1ccc(Cl)c(Cl)c1)Cc1ccc(Cl)c(Cl)c1. The number of alkyl halides is 1. The van der Waals surface area contributed by atoms with E-state index in [1.54, 1.807) is 12.1 Å². The minimum atomic E-state index is 0.544. The van der Waals surface area contributed by atoms with Gasteiger partial charge >= 0.3 is 0 Å². The Morgan fingerprint density at radius 2 is 1.14 bits per heavy atom. The van der Waals surface area contributed by atoms with Crippen LogP contribution in [-0.4, -0.2) is 17.3 Å². The van der Waals surface area contributed by atoms with Gasteiger partial charge in [0.15, 0.2) is 0 Å². The largest absolute Gasteiger partial charge is 0.294 e. The molecule has 0 radical (unpaired) electrons. The predicted octanol–water partition coefficient (Wildman–Crippen LogP) is 6.54. The fourth-order valence-corrected chi connectivity index (χ4v) is 3.01. The molecule has 0 aliphatic carbocycles. The predicted molar refractivity (Wildman–Crippen MR) is 97.8 cm³/mol. The van der Waals surface area contributed by atoms with Crippen LogP contribution < -0.4 is 0 Å². The van der Waals surface area contributed by atoms with E-state index in [0.717, 1.165) is 30.8 Å². The van der Waals surface area contributed by atoms with Crippen molar-refractivity contribution < 1.29 is 0 Å². The highest BCUT2D eigenvalue weighted by Gasteiger charge is 2.09. The highest BCUT2D eigenvalue weighted by atomic mass is 35.5. The second-order valence-electron chi connectivity index (χ2n) is 4.90. The number of hydrogen-bond donors (Lipinski definition) is 0. The van der Waals surface area contributed by atoms with E-state index < -0.39 is 0 Å². The molecule has 2 aromatic carbocycles. The van der Waals surface area contributed by atoms with E-state index >= 15 is 0 Å². The molecule has 0 heterocycles. The van der Waals surface area contributed by atoms with Gasteiger partial charge in [-0.1, -0.05) is 58.5 Å². The number of nitrogens with zero attached hydrogens (tertiary/aromatic N) is 1. The molecule has 0 unspecified atom stereocenters. The minimum absolute atomic E-state index is 0.544. The number of halogens is 5. The second-order valence-corrected chi connectivity index (χ2v) is 6.90. The van der Waals surface area contributed by atoms with E-state index in [9.17, 15) is 0 Å². The van der Waals surface area contributed by atoms with E-state index in [1.807, 2.05) is 24.3 Å². The first-order valence-corrected chi connectivity index (χ1v) is 8.70. The van der Waals surface area contributed by atoms with Crippen LogP contribution in [0.5, 0.6) is 0 Å². The fourth-order valence-electron chi connectivity index (χ4n) is 2.13. The Morgan fingerprint density at radius 1 is 0.682 bits per heavy atom. The molecular weight excluding hydrogens is 383 g/mol. The second kappa shape index (κ2) is 8.63. The van der Waals surface area contributed by atoms with Gasteiger partial charge in [0.05, 0.1) is 20.1 Å². The quantitative estimate of drug-likeness (QED) is 0.500. The standard InChI is InChI=1S/C16H14Cl5N/c17-5-6-22(9-11-1-3-13(18)15(20)7-11)10-12-2-4-14(19)16(21)8-12/h1-4,7-8H,5-6,9-10H2. The van der Waals surface area contributed by atoms with Gasteiger partial charge in [0.2, 0.25) is 0 Å². The van der Waals surface area contributed by atoms with Gasteiger partial charge in [0, 0.05) is 25.5 Å².